The first kappa shape index (κ1) is 16.5. The average molecular weight is 316 g/mol. The highest BCUT2D eigenvalue weighted by Crippen LogP contribution is 2.30. The van der Waals surface area contributed by atoms with Crippen LogP contribution in [0.2, 0.25) is 0 Å². The Kier molecular flexibility index (Phi) is 4.86. The van der Waals surface area contributed by atoms with E-state index in [1.807, 2.05) is 37.3 Å². The lowest BCUT2D eigenvalue weighted by molar-refractivity contribution is -0.118. The molecule has 0 unspecified atom stereocenters. The second kappa shape index (κ2) is 6.48. The first-order valence-electron chi connectivity index (χ1n) is 7.16. The molecule has 0 aliphatic carbocycles. The quantitative estimate of drug-likeness (QED) is 0.843. The minimum atomic E-state index is -0.734. The van der Waals surface area contributed by atoms with Crippen LogP contribution in [-0.2, 0) is 4.79 Å². The summed E-state index contributed by atoms with van der Waals surface area (Å²) in [5.41, 5.74) is 1.59. The number of Topliss-reactive ketones (excluding diaryl/α,β-unsaturated/α-hetero) is 1. The predicted molar refractivity (Wildman–Crippen MR) is 89.2 cm³/mol. The SMILES string of the molecule is CC(=O)C(C)(C)SC(=O)c1ccnn1[C@H](C)c1ccccc1. The molecule has 22 heavy (non-hydrogen) atoms. The molecule has 0 aliphatic heterocycles. The van der Waals surface area contributed by atoms with E-state index >= 15 is 0 Å². The predicted octanol–water partition coefficient (Wildman–Crippen LogP) is 3.73. The molecule has 2 aromatic rings. The van der Waals surface area contributed by atoms with Gasteiger partial charge in [0.1, 0.15) is 11.5 Å². The number of hydrogen-bond donors (Lipinski definition) is 0. The molecular weight excluding hydrogens is 296 g/mol. The lowest BCUT2D eigenvalue weighted by atomic mass is 10.1. The number of aromatic nitrogens is 2. The maximum Gasteiger partial charge on any atom is 0.238 e. The van der Waals surface area contributed by atoms with Crippen LogP contribution in [0, 0.1) is 0 Å². The molecule has 4 nitrogen and oxygen atoms in total. The Hall–Kier alpha value is -1.88. The van der Waals surface area contributed by atoms with Crippen LogP contribution in [0.1, 0.15) is 49.8 Å². The Morgan fingerprint density at radius 2 is 1.82 bits per heavy atom. The zero-order valence-corrected chi connectivity index (χ0v) is 14.1. The van der Waals surface area contributed by atoms with Crippen LogP contribution in [0.15, 0.2) is 42.6 Å². The van der Waals surface area contributed by atoms with Gasteiger partial charge in [-0.3, -0.25) is 14.3 Å². The van der Waals surface area contributed by atoms with E-state index in [0.29, 0.717) is 5.69 Å². The van der Waals surface area contributed by atoms with Gasteiger partial charge < -0.3 is 0 Å². The maximum atomic E-state index is 12.5. The molecule has 0 saturated heterocycles. The molecule has 0 bridgehead atoms. The minimum absolute atomic E-state index is 0.0203. The molecule has 0 spiro atoms. The monoisotopic (exact) mass is 316 g/mol. The molecule has 1 atom stereocenters. The Morgan fingerprint density at radius 3 is 2.41 bits per heavy atom. The van der Waals surface area contributed by atoms with Gasteiger partial charge in [-0.15, -0.1) is 0 Å². The smallest absolute Gasteiger partial charge is 0.238 e. The highest BCUT2D eigenvalue weighted by Gasteiger charge is 2.30. The number of rotatable bonds is 5. The van der Waals surface area contributed by atoms with Gasteiger partial charge in [0.25, 0.3) is 0 Å². The van der Waals surface area contributed by atoms with Crippen molar-refractivity contribution in [1.29, 1.82) is 0 Å². The third kappa shape index (κ3) is 3.47. The van der Waals surface area contributed by atoms with Crippen molar-refractivity contribution in [3.8, 4) is 0 Å². The molecule has 2 rings (SSSR count). The number of ketones is 1. The topological polar surface area (TPSA) is 52.0 Å². The van der Waals surface area contributed by atoms with E-state index in [0.717, 1.165) is 17.3 Å². The van der Waals surface area contributed by atoms with Crippen LogP contribution >= 0.6 is 11.8 Å². The fourth-order valence-corrected chi connectivity index (χ4v) is 2.89. The second-order valence-corrected chi connectivity index (χ2v) is 7.30. The van der Waals surface area contributed by atoms with Gasteiger partial charge >= 0.3 is 0 Å². The van der Waals surface area contributed by atoms with Crippen molar-refractivity contribution in [2.45, 2.75) is 38.5 Å². The normalized spacial score (nSPS) is 12.9. The van der Waals surface area contributed by atoms with Gasteiger partial charge in [0.05, 0.1) is 10.8 Å². The third-order valence-electron chi connectivity index (χ3n) is 3.72. The molecule has 0 radical (unpaired) electrons. The fraction of sp³-hybridized carbons (Fsp3) is 0.353. The van der Waals surface area contributed by atoms with Crippen LogP contribution in [-0.4, -0.2) is 25.4 Å². The Balaban J connectivity index is 2.26. The van der Waals surface area contributed by atoms with Crippen molar-refractivity contribution < 1.29 is 9.59 Å². The lowest BCUT2D eigenvalue weighted by Crippen LogP contribution is -2.27. The summed E-state index contributed by atoms with van der Waals surface area (Å²) in [7, 11) is 0. The molecule has 1 aromatic carbocycles. The molecule has 1 aromatic heterocycles. The minimum Gasteiger partial charge on any atom is -0.298 e. The average Bonchev–Trinajstić information content (AvgIpc) is 2.96. The Labute approximate surface area is 134 Å². The summed E-state index contributed by atoms with van der Waals surface area (Å²) in [5, 5.41) is 4.15. The highest BCUT2D eigenvalue weighted by atomic mass is 32.2. The summed E-state index contributed by atoms with van der Waals surface area (Å²) in [6, 6.07) is 11.5. The van der Waals surface area contributed by atoms with Gasteiger partial charge in [0.2, 0.25) is 5.12 Å². The maximum absolute atomic E-state index is 12.5. The van der Waals surface area contributed by atoms with Gasteiger partial charge in [0.15, 0.2) is 0 Å². The van der Waals surface area contributed by atoms with E-state index in [2.05, 4.69) is 5.10 Å². The molecule has 0 N–H and O–H groups in total. The van der Waals surface area contributed by atoms with Crippen LogP contribution < -0.4 is 0 Å². The van der Waals surface area contributed by atoms with Crippen LogP contribution in [0.5, 0.6) is 0 Å². The summed E-state index contributed by atoms with van der Waals surface area (Å²) < 4.78 is 0.975. The molecule has 0 saturated carbocycles. The van der Waals surface area contributed by atoms with Crippen molar-refractivity contribution in [1.82, 2.24) is 9.78 Å². The van der Waals surface area contributed by atoms with E-state index in [4.69, 9.17) is 0 Å². The second-order valence-electron chi connectivity index (χ2n) is 5.70. The van der Waals surface area contributed by atoms with Crippen LogP contribution in [0.25, 0.3) is 0 Å². The summed E-state index contributed by atoms with van der Waals surface area (Å²) in [5.74, 6) is -0.0203. The van der Waals surface area contributed by atoms with Crippen LogP contribution in [0.3, 0.4) is 0 Å². The van der Waals surface area contributed by atoms with E-state index in [1.165, 1.54) is 6.92 Å². The molecule has 1 heterocycles. The van der Waals surface area contributed by atoms with Gasteiger partial charge in [-0.2, -0.15) is 5.10 Å². The molecule has 116 valence electrons. The molecule has 0 amide bonds. The van der Waals surface area contributed by atoms with Crippen molar-refractivity contribution in [3.05, 3.63) is 53.9 Å². The number of nitrogens with zero attached hydrogens (tertiary/aromatic N) is 2. The van der Waals surface area contributed by atoms with Crippen molar-refractivity contribution in [3.63, 3.8) is 0 Å². The lowest BCUT2D eigenvalue weighted by Gasteiger charge is -2.20. The highest BCUT2D eigenvalue weighted by molar-refractivity contribution is 8.15. The van der Waals surface area contributed by atoms with Crippen molar-refractivity contribution in [2.24, 2.45) is 0 Å². The van der Waals surface area contributed by atoms with Gasteiger partial charge in [0, 0.05) is 6.20 Å². The molecule has 5 heteroatoms. The van der Waals surface area contributed by atoms with Crippen LogP contribution in [0.4, 0.5) is 0 Å². The van der Waals surface area contributed by atoms with E-state index in [1.54, 1.807) is 30.8 Å². The largest absolute Gasteiger partial charge is 0.298 e. The standard InChI is InChI=1S/C17H20N2O2S/c1-12(14-8-6-5-7-9-14)19-15(10-11-18-19)16(21)22-17(3,4)13(2)20/h5-12H,1-4H3/t12-/m1/s1. The third-order valence-corrected chi connectivity index (χ3v) is 4.92. The Bertz CT molecular complexity index is 677. The number of carbonyl (C=O) groups excluding carboxylic acids is 2. The van der Waals surface area contributed by atoms with Gasteiger partial charge in [-0.05, 0) is 39.3 Å². The summed E-state index contributed by atoms with van der Waals surface area (Å²) in [6.07, 6.45) is 1.62. The zero-order chi connectivity index (χ0) is 16.3. The zero-order valence-electron chi connectivity index (χ0n) is 13.2. The number of thioether (sulfide) groups is 1. The van der Waals surface area contributed by atoms with Gasteiger partial charge in [-0.25, -0.2) is 0 Å². The number of benzene rings is 1. The van der Waals surface area contributed by atoms with Crippen molar-refractivity contribution in [2.75, 3.05) is 0 Å². The Morgan fingerprint density at radius 1 is 1.18 bits per heavy atom. The molecule has 0 aliphatic rings. The van der Waals surface area contributed by atoms with E-state index in [-0.39, 0.29) is 16.9 Å². The summed E-state index contributed by atoms with van der Waals surface area (Å²) in [6.45, 7) is 7.03. The number of hydrogen-bond acceptors (Lipinski definition) is 4. The van der Waals surface area contributed by atoms with Crippen molar-refractivity contribution >= 4 is 22.7 Å². The first-order valence-corrected chi connectivity index (χ1v) is 7.97. The van der Waals surface area contributed by atoms with E-state index < -0.39 is 4.75 Å². The fourth-order valence-electron chi connectivity index (χ4n) is 2.01. The first-order chi connectivity index (χ1) is 10.3. The summed E-state index contributed by atoms with van der Waals surface area (Å²) >= 11 is 1.05. The molecular formula is C17H20N2O2S. The van der Waals surface area contributed by atoms with E-state index in [9.17, 15) is 9.59 Å². The van der Waals surface area contributed by atoms with Gasteiger partial charge in [-0.1, -0.05) is 42.1 Å². The summed E-state index contributed by atoms with van der Waals surface area (Å²) in [4.78, 5) is 24.1. The molecule has 0 fully saturated rings. The number of carbonyl (C=O) groups is 2.